The first-order chi connectivity index (χ1) is 21.9. The van der Waals surface area contributed by atoms with E-state index in [9.17, 15) is 9.90 Å². The minimum Gasteiger partial charge on any atom is -0.508 e. The molecule has 1 N–H and O–H groups in total. The van der Waals surface area contributed by atoms with Crippen molar-refractivity contribution in [3.8, 4) is 11.5 Å². The molecule has 0 radical (unpaired) electrons. The van der Waals surface area contributed by atoms with E-state index in [-0.39, 0.29) is 23.6 Å². The van der Waals surface area contributed by atoms with Gasteiger partial charge in [0.05, 0.1) is 23.2 Å². The van der Waals surface area contributed by atoms with Gasteiger partial charge in [0.15, 0.2) is 0 Å². The molecule has 2 unspecified atom stereocenters. The number of pyridine rings is 2. The lowest BCUT2D eigenvalue weighted by Crippen LogP contribution is -2.06. The Morgan fingerprint density at radius 3 is 1.29 bits per heavy atom. The van der Waals surface area contributed by atoms with Gasteiger partial charge in [0, 0.05) is 19.3 Å². The molecule has 224 valence electrons. The molecule has 2 atom stereocenters. The summed E-state index contributed by atoms with van der Waals surface area (Å²) >= 11 is 0. The molecule has 2 aromatic heterocycles. The number of esters is 1. The highest BCUT2D eigenvalue weighted by Crippen LogP contribution is 2.33. The van der Waals surface area contributed by atoms with Gasteiger partial charge in [0.25, 0.3) is 0 Å². The fourth-order valence-corrected chi connectivity index (χ4v) is 5.24. The lowest BCUT2D eigenvalue weighted by molar-refractivity contribution is -0.131. The van der Waals surface area contributed by atoms with Gasteiger partial charge in [0.1, 0.15) is 11.5 Å². The van der Waals surface area contributed by atoms with Crippen LogP contribution in [0, 0.1) is 13.8 Å². The number of benzene rings is 4. The summed E-state index contributed by atoms with van der Waals surface area (Å²) in [6.07, 6.45) is 3.63. The van der Waals surface area contributed by atoms with Crippen LogP contribution in [0.25, 0.3) is 0 Å². The summed E-state index contributed by atoms with van der Waals surface area (Å²) in [6.45, 7) is 5.56. The normalized spacial score (nSPS) is 11.9. The smallest absolute Gasteiger partial charge is 0.308 e. The van der Waals surface area contributed by atoms with E-state index in [0.29, 0.717) is 5.75 Å². The fraction of sp³-hybridized carbons (Fsp3) is 0.125. The molecule has 2 heterocycles. The first kappa shape index (κ1) is 30.9. The summed E-state index contributed by atoms with van der Waals surface area (Å²) in [5.41, 5.74) is 9.06. The van der Waals surface area contributed by atoms with Gasteiger partial charge in [0.2, 0.25) is 0 Å². The van der Waals surface area contributed by atoms with Gasteiger partial charge >= 0.3 is 5.97 Å². The van der Waals surface area contributed by atoms with Crippen LogP contribution in [0.2, 0.25) is 0 Å². The largest absolute Gasteiger partial charge is 0.508 e. The van der Waals surface area contributed by atoms with Gasteiger partial charge in [-0.2, -0.15) is 0 Å². The topological polar surface area (TPSA) is 72.3 Å². The first-order valence-corrected chi connectivity index (χ1v) is 14.9. The van der Waals surface area contributed by atoms with Gasteiger partial charge in [-0.25, -0.2) is 0 Å². The van der Waals surface area contributed by atoms with Crippen LogP contribution >= 0.6 is 0 Å². The number of phenolic OH excluding ortho intramolecular Hbond substituents is 1. The van der Waals surface area contributed by atoms with E-state index < -0.39 is 0 Å². The quantitative estimate of drug-likeness (QED) is 0.148. The molecule has 5 heteroatoms. The zero-order chi connectivity index (χ0) is 31.6. The first-order valence-electron chi connectivity index (χ1n) is 14.9. The lowest BCUT2D eigenvalue weighted by atomic mass is 9.87. The molecule has 0 saturated heterocycles. The van der Waals surface area contributed by atoms with Crippen molar-refractivity contribution in [3.63, 3.8) is 0 Å². The highest BCUT2D eigenvalue weighted by atomic mass is 16.5. The molecule has 0 bridgehead atoms. The maximum absolute atomic E-state index is 11.1. The number of hydrogen-bond acceptors (Lipinski definition) is 5. The number of phenols is 1. The number of aryl methyl sites for hydroxylation is 2. The Morgan fingerprint density at radius 2 is 0.933 bits per heavy atom. The third kappa shape index (κ3) is 8.30. The van der Waals surface area contributed by atoms with Crippen molar-refractivity contribution in [1.82, 2.24) is 9.97 Å². The van der Waals surface area contributed by atoms with Crippen LogP contribution in [-0.2, 0) is 4.79 Å². The standard InChI is InChI=1S/C21H19NO2.C19H17NO/c1-15-6-8-17(9-7-15)21(20-5-3-4-14-22-20)18-10-12-19(13-11-18)24-16(2)23;1-14-5-7-15(8-6-14)19(18-4-2-3-13-20-18)16-9-11-17(21)12-10-16/h3-14,21H,1-2H3;2-13,19,21H,1H3. The van der Waals surface area contributed by atoms with Crippen LogP contribution in [0.3, 0.4) is 0 Å². The number of carbonyl (C=O) groups excluding carboxylic acids is 1. The van der Waals surface area contributed by atoms with E-state index in [4.69, 9.17) is 4.74 Å². The van der Waals surface area contributed by atoms with Gasteiger partial charge in [-0.1, -0.05) is 96.1 Å². The highest BCUT2D eigenvalue weighted by Gasteiger charge is 2.19. The monoisotopic (exact) mass is 592 g/mol. The van der Waals surface area contributed by atoms with E-state index >= 15 is 0 Å². The average molecular weight is 593 g/mol. The maximum atomic E-state index is 11.1. The number of aromatic nitrogens is 2. The van der Waals surface area contributed by atoms with Crippen LogP contribution in [-0.4, -0.2) is 21.0 Å². The van der Waals surface area contributed by atoms with E-state index in [1.54, 1.807) is 12.1 Å². The number of carbonyl (C=O) groups is 1. The zero-order valence-electron chi connectivity index (χ0n) is 25.7. The van der Waals surface area contributed by atoms with Crippen molar-refractivity contribution in [2.75, 3.05) is 0 Å². The summed E-state index contributed by atoms with van der Waals surface area (Å²) in [5, 5.41) is 9.50. The van der Waals surface area contributed by atoms with E-state index in [1.165, 1.54) is 29.2 Å². The summed E-state index contributed by atoms with van der Waals surface area (Å²) in [4.78, 5) is 20.1. The molecule has 4 aromatic carbocycles. The third-order valence-electron chi connectivity index (χ3n) is 7.49. The van der Waals surface area contributed by atoms with E-state index in [0.717, 1.165) is 22.5 Å². The zero-order valence-corrected chi connectivity index (χ0v) is 25.7. The molecule has 0 aliphatic rings. The number of hydrogen-bond donors (Lipinski definition) is 1. The molecular formula is C40H36N2O3. The van der Waals surface area contributed by atoms with Crippen LogP contribution in [0.5, 0.6) is 11.5 Å². The minimum atomic E-state index is -0.317. The molecule has 0 saturated carbocycles. The second-order valence-electron chi connectivity index (χ2n) is 11.0. The van der Waals surface area contributed by atoms with Crippen molar-refractivity contribution in [3.05, 3.63) is 191 Å². The molecule has 45 heavy (non-hydrogen) atoms. The molecule has 0 aliphatic heterocycles. The molecule has 6 rings (SSSR count). The molecular weight excluding hydrogens is 556 g/mol. The number of aromatic hydroxyl groups is 1. The Bertz CT molecular complexity index is 1740. The van der Waals surface area contributed by atoms with Crippen molar-refractivity contribution in [2.24, 2.45) is 0 Å². The Balaban J connectivity index is 0.000000179. The summed E-state index contributed by atoms with van der Waals surface area (Å²) in [7, 11) is 0. The summed E-state index contributed by atoms with van der Waals surface area (Å²) < 4.78 is 5.12. The fourth-order valence-electron chi connectivity index (χ4n) is 5.24. The number of rotatable bonds is 7. The predicted molar refractivity (Wildman–Crippen MR) is 179 cm³/mol. The Hall–Kier alpha value is -5.55. The molecule has 5 nitrogen and oxygen atoms in total. The van der Waals surface area contributed by atoms with Gasteiger partial charge in [-0.3, -0.25) is 14.8 Å². The number of ether oxygens (including phenoxy) is 1. The van der Waals surface area contributed by atoms with E-state index in [1.807, 2.05) is 85.2 Å². The van der Waals surface area contributed by atoms with Gasteiger partial charge < -0.3 is 9.84 Å². The summed E-state index contributed by atoms with van der Waals surface area (Å²) in [5.74, 6) is 0.630. The summed E-state index contributed by atoms with van der Waals surface area (Å²) in [6, 6.07) is 43.9. The molecule has 6 aromatic rings. The second-order valence-corrected chi connectivity index (χ2v) is 11.0. The van der Waals surface area contributed by atoms with Crippen molar-refractivity contribution >= 4 is 5.97 Å². The molecule has 0 fully saturated rings. The van der Waals surface area contributed by atoms with Crippen LogP contribution in [0.1, 0.15) is 63.5 Å². The predicted octanol–water partition coefficient (Wildman–Crippen LogP) is 8.77. The van der Waals surface area contributed by atoms with Crippen molar-refractivity contribution < 1.29 is 14.6 Å². The molecule has 0 spiro atoms. The number of nitrogens with zero attached hydrogens (tertiary/aromatic N) is 2. The maximum Gasteiger partial charge on any atom is 0.308 e. The lowest BCUT2D eigenvalue weighted by Gasteiger charge is -2.18. The SMILES string of the molecule is CC(=O)Oc1ccc(C(c2ccc(C)cc2)c2ccccn2)cc1.Cc1ccc(C(c2ccc(O)cc2)c2ccccn2)cc1. The molecule has 0 amide bonds. The Kier molecular flexibility index (Phi) is 10.1. The third-order valence-corrected chi connectivity index (χ3v) is 7.49. The van der Waals surface area contributed by atoms with Crippen molar-refractivity contribution in [1.29, 1.82) is 0 Å². The Morgan fingerprint density at radius 1 is 0.556 bits per heavy atom. The van der Waals surface area contributed by atoms with Crippen molar-refractivity contribution in [2.45, 2.75) is 32.6 Å². The minimum absolute atomic E-state index is 0.0400. The Labute approximate surface area is 264 Å². The molecule has 0 aliphatic carbocycles. The van der Waals surface area contributed by atoms with Crippen LogP contribution in [0.4, 0.5) is 0 Å². The second kappa shape index (κ2) is 14.8. The van der Waals surface area contributed by atoms with Gasteiger partial charge in [-0.15, -0.1) is 0 Å². The van der Waals surface area contributed by atoms with Crippen LogP contribution < -0.4 is 4.74 Å². The highest BCUT2D eigenvalue weighted by molar-refractivity contribution is 5.69. The van der Waals surface area contributed by atoms with Crippen LogP contribution in [0.15, 0.2) is 146 Å². The average Bonchev–Trinajstić information content (AvgIpc) is 3.06. The van der Waals surface area contributed by atoms with Gasteiger partial charge in [-0.05, 0) is 84.6 Å². The van der Waals surface area contributed by atoms with E-state index in [2.05, 4.69) is 72.3 Å².